The Hall–Kier alpha value is -3.04. The maximum absolute atomic E-state index is 11.6. The second-order valence-corrected chi connectivity index (χ2v) is 15.6. The molecule has 0 aliphatic heterocycles. The first kappa shape index (κ1) is 49.8. The van der Waals surface area contributed by atoms with Gasteiger partial charge in [-0.1, -0.05) is 62.3 Å². The molecule has 0 fully saturated rings. The smallest absolute Gasteiger partial charge is 0.316 e. The van der Waals surface area contributed by atoms with Crippen LogP contribution in [0.2, 0.25) is 0 Å². The van der Waals surface area contributed by atoms with Crippen LogP contribution < -0.4 is 0 Å². The molecule has 0 atom stereocenters. The zero-order chi connectivity index (χ0) is 37.3. The first-order chi connectivity index (χ1) is 19.5. The molecule has 0 aromatic heterocycles. The number of hydrogen-bond acceptors (Lipinski definition) is 9. The fraction of sp³-hybridized carbons (Fsp3) is 0.727. The third-order valence-electron chi connectivity index (χ3n) is 7.17. The Bertz CT molecular complexity index is 1040. The summed E-state index contributed by atoms with van der Waals surface area (Å²) in [5, 5.41) is 26.4. The number of Topliss-reactive ketones (excluding diaryl/α,β-unsaturated/α-hetero) is 6. The van der Waals surface area contributed by atoms with Crippen molar-refractivity contribution in [2.45, 2.75) is 123 Å². The van der Waals surface area contributed by atoms with E-state index in [4.69, 9.17) is 15.3 Å². The molecule has 0 aliphatic carbocycles. The number of carbonyl (C=O) groups excluding carboxylic acids is 6. The van der Waals surface area contributed by atoms with Gasteiger partial charge >= 0.3 is 17.9 Å². The standard InChI is InChI=1S/3C11H18O4.Cr/c3*1-10(2,3)7(12)6-8(13)11(4,5)9(14)15;/h3*6H2,1-5H3,(H,14,15);. The maximum Gasteiger partial charge on any atom is 0.316 e. The van der Waals surface area contributed by atoms with Gasteiger partial charge in [-0.15, -0.1) is 0 Å². The molecule has 0 aromatic carbocycles. The number of ketones is 6. The van der Waals surface area contributed by atoms with Crippen molar-refractivity contribution in [3.05, 3.63) is 0 Å². The van der Waals surface area contributed by atoms with Crippen molar-refractivity contribution in [3.63, 3.8) is 0 Å². The van der Waals surface area contributed by atoms with Crippen molar-refractivity contribution < 1.29 is 75.8 Å². The van der Waals surface area contributed by atoms with Gasteiger partial charge in [-0.3, -0.25) is 43.2 Å². The second kappa shape index (κ2) is 17.8. The minimum Gasteiger partial charge on any atom is -0.481 e. The predicted octanol–water partition coefficient (Wildman–Crippen LogP) is 5.01. The molecule has 0 heterocycles. The number of carboxylic acids is 3. The summed E-state index contributed by atoms with van der Waals surface area (Å²) in [4.78, 5) is 102. The van der Waals surface area contributed by atoms with Gasteiger partial charge in [0.15, 0.2) is 17.3 Å². The van der Waals surface area contributed by atoms with Crippen molar-refractivity contribution in [1.29, 1.82) is 0 Å². The molecule has 12 nitrogen and oxygen atoms in total. The molecular formula is C33H54CrO12. The van der Waals surface area contributed by atoms with E-state index in [1.54, 1.807) is 62.3 Å². The van der Waals surface area contributed by atoms with Crippen LogP contribution in [0.15, 0.2) is 0 Å². The number of carbonyl (C=O) groups is 9. The molecule has 0 amide bonds. The van der Waals surface area contributed by atoms with Crippen LogP contribution in [0.5, 0.6) is 0 Å². The SMILES string of the molecule is CC(C)(C)C(=O)CC(=O)C(C)(C)C(=O)O.CC(C)(C)C(=O)CC(=O)C(C)(C)C(=O)O.CC(C)(C)C(=O)CC(=O)C(C)(C)C(=O)O.[Cr]. The van der Waals surface area contributed by atoms with E-state index in [0.717, 1.165) is 0 Å². The zero-order valence-electron chi connectivity index (χ0n) is 30.0. The van der Waals surface area contributed by atoms with E-state index < -0.39 is 67.7 Å². The number of hydrogen-bond donors (Lipinski definition) is 3. The quantitative estimate of drug-likeness (QED) is 0.230. The summed E-state index contributed by atoms with van der Waals surface area (Å²) in [6.45, 7) is 23.2. The van der Waals surface area contributed by atoms with E-state index in [-0.39, 0.29) is 54.0 Å². The normalized spacial score (nSPS) is 12.1. The topological polar surface area (TPSA) is 214 Å². The van der Waals surface area contributed by atoms with Crippen molar-refractivity contribution in [3.8, 4) is 0 Å². The Balaban J connectivity index is -0.000000285. The van der Waals surface area contributed by atoms with Crippen LogP contribution >= 0.6 is 0 Å². The summed E-state index contributed by atoms with van der Waals surface area (Å²) >= 11 is 0. The van der Waals surface area contributed by atoms with Gasteiger partial charge in [0.2, 0.25) is 0 Å². The Morgan fingerprint density at radius 3 is 0.543 bits per heavy atom. The van der Waals surface area contributed by atoms with Crippen molar-refractivity contribution in [1.82, 2.24) is 0 Å². The van der Waals surface area contributed by atoms with Gasteiger partial charge in [0.05, 0.1) is 19.3 Å². The van der Waals surface area contributed by atoms with Crippen molar-refractivity contribution in [2.75, 3.05) is 0 Å². The molecule has 0 aliphatic rings. The Morgan fingerprint density at radius 1 is 0.326 bits per heavy atom. The average molecular weight is 695 g/mol. The minimum absolute atomic E-state index is 0. The zero-order valence-corrected chi connectivity index (χ0v) is 31.3. The summed E-state index contributed by atoms with van der Waals surface area (Å²) in [6.07, 6.45) is -0.950. The summed E-state index contributed by atoms with van der Waals surface area (Å²) in [5.74, 6) is -5.94. The minimum atomic E-state index is -1.49. The van der Waals surface area contributed by atoms with E-state index in [1.807, 2.05) is 0 Å². The van der Waals surface area contributed by atoms with Crippen LogP contribution in [0, 0.1) is 32.5 Å². The first-order valence-corrected chi connectivity index (χ1v) is 14.4. The summed E-state index contributed by atoms with van der Waals surface area (Å²) in [5.41, 5.74) is -6.28. The summed E-state index contributed by atoms with van der Waals surface area (Å²) in [6, 6.07) is 0. The Labute approximate surface area is 283 Å². The first-order valence-electron chi connectivity index (χ1n) is 14.4. The molecule has 0 saturated carbocycles. The molecule has 264 valence electrons. The molecule has 46 heavy (non-hydrogen) atoms. The van der Waals surface area contributed by atoms with Crippen LogP contribution in [-0.4, -0.2) is 67.9 Å². The third kappa shape index (κ3) is 16.5. The van der Waals surface area contributed by atoms with E-state index in [2.05, 4.69) is 0 Å². The molecular weight excluding hydrogens is 640 g/mol. The van der Waals surface area contributed by atoms with E-state index in [1.165, 1.54) is 41.5 Å². The van der Waals surface area contributed by atoms with E-state index >= 15 is 0 Å². The van der Waals surface area contributed by atoms with Gasteiger partial charge < -0.3 is 15.3 Å². The predicted molar refractivity (Wildman–Crippen MR) is 167 cm³/mol. The molecule has 0 rings (SSSR count). The number of carboxylic acid groups (broad SMARTS) is 3. The third-order valence-corrected chi connectivity index (χ3v) is 7.17. The Morgan fingerprint density at radius 2 is 0.457 bits per heavy atom. The fourth-order valence-corrected chi connectivity index (χ4v) is 2.25. The van der Waals surface area contributed by atoms with Crippen LogP contribution in [0.4, 0.5) is 0 Å². The van der Waals surface area contributed by atoms with Gasteiger partial charge in [0.1, 0.15) is 33.6 Å². The van der Waals surface area contributed by atoms with Gasteiger partial charge in [0.25, 0.3) is 0 Å². The maximum atomic E-state index is 11.6. The van der Waals surface area contributed by atoms with E-state index in [0.29, 0.717) is 0 Å². The van der Waals surface area contributed by atoms with E-state index in [9.17, 15) is 43.2 Å². The molecule has 0 unspecified atom stereocenters. The van der Waals surface area contributed by atoms with Gasteiger partial charge in [0, 0.05) is 33.6 Å². The summed E-state index contributed by atoms with van der Waals surface area (Å²) < 4.78 is 0. The molecule has 3 N–H and O–H groups in total. The molecule has 13 heteroatoms. The van der Waals surface area contributed by atoms with Gasteiger partial charge in [-0.2, -0.15) is 0 Å². The Kier molecular flexibility index (Phi) is 19.2. The van der Waals surface area contributed by atoms with Crippen LogP contribution in [0.3, 0.4) is 0 Å². The molecule has 0 radical (unpaired) electrons. The van der Waals surface area contributed by atoms with Gasteiger partial charge in [-0.25, -0.2) is 0 Å². The number of aliphatic carboxylic acids is 3. The van der Waals surface area contributed by atoms with Crippen LogP contribution in [0.25, 0.3) is 0 Å². The van der Waals surface area contributed by atoms with Crippen LogP contribution in [0.1, 0.15) is 123 Å². The average Bonchev–Trinajstić information content (AvgIpc) is 2.82. The monoisotopic (exact) mass is 694 g/mol. The molecule has 0 aromatic rings. The largest absolute Gasteiger partial charge is 0.481 e. The second-order valence-electron chi connectivity index (χ2n) is 15.6. The fourth-order valence-electron chi connectivity index (χ4n) is 2.25. The van der Waals surface area contributed by atoms with Crippen molar-refractivity contribution in [2.24, 2.45) is 32.5 Å². The number of rotatable bonds is 12. The van der Waals surface area contributed by atoms with Gasteiger partial charge in [-0.05, 0) is 41.5 Å². The summed E-state index contributed by atoms with van der Waals surface area (Å²) in [7, 11) is 0. The molecule has 0 spiro atoms. The molecule has 0 saturated heterocycles. The van der Waals surface area contributed by atoms with Crippen LogP contribution in [-0.2, 0) is 60.5 Å². The molecule has 0 bridgehead atoms. The van der Waals surface area contributed by atoms with Crippen molar-refractivity contribution >= 4 is 52.6 Å².